The number of nitrogens with zero attached hydrogens (tertiary/aromatic N) is 2. The maximum atomic E-state index is 12.9. The third-order valence-corrected chi connectivity index (χ3v) is 1.91. The van der Waals surface area contributed by atoms with Crippen LogP contribution in [0.5, 0.6) is 11.6 Å². The Kier molecular flexibility index (Phi) is 3.07. The van der Waals surface area contributed by atoms with Crippen molar-refractivity contribution in [2.45, 2.75) is 6.54 Å². The zero-order chi connectivity index (χ0) is 11.4. The first-order valence-electron chi connectivity index (χ1n) is 4.72. The van der Waals surface area contributed by atoms with Crippen molar-refractivity contribution < 1.29 is 9.13 Å². The summed E-state index contributed by atoms with van der Waals surface area (Å²) >= 11 is 0. The van der Waals surface area contributed by atoms with Crippen LogP contribution in [0.1, 0.15) is 5.69 Å². The Morgan fingerprint density at radius 2 is 2.12 bits per heavy atom. The summed E-state index contributed by atoms with van der Waals surface area (Å²) in [5, 5.41) is 0. The van der Waals surface area contributed by atoms with Gasteiger partial charge < -0.3 is 10.5 Å². The maximum absolute atomic E-state index is 12.9. The van der Waals surface area contributed by atoms with Gasteiger partial charge in [-0.2, -0.15) is 0 Å². The molecule has 2 aromatic rings. The Balaban J connectivity index is 2.14. The van der Waals surface area contributed by atoms with Crippen LogP contribution in [0.15, 0.2) is 36.7 Å². The van der Waals surface area contributed by atoms with Gasteiger partial charge in [0.1, 0.15) is 11.6 Å². The summed E-state index contributed by atoms with van der Waals surface area (Å²) in [4.78, 5) is 8.00. The minimum absolute atomic E-state index is 0.308. The van der Waals surface area contributed by atoms with Crippen LogP contribution in [0.2, 0.25) is 0 Å². The van der Waals surface area contributed by atoms with Gasteiger partial charge in [-0.1, -0.05) is 6.07 Å². The summed E-state index contributed by atoms with van der Waals surface area (Å²) in [6, 6.07) is 5.82. The van der Waals surface area contributed by atoms with E-state index in [0.717, 1.165) is 0 Å². The lowest BCUT2D eigenvalue weighted by molar-refractivity contribution is 0.454. The Bertz CT molecular complexity index is 473. The fourth-order valence-electron chi connectivity index (χ4n) is 1.15. The molecule has 1 heterocycles. The first-order valence-corrected chi connectivity index (χ1v) is 4.72. The molecule has 0 aliphatic heterocycles. The lowest BCUT2D eigenvalue weighted by atomic mass is 10.3. The molecule has 0 atom stereocenters. The number of halogens is 1. The third kappa shape index (κ3) is 2.52. The molecule has 16 heavy (non-hydrogen) atoms. The van der Waals surface area contributed by atoms with Crippen LogP contribution in [0.4, 0.5) is 4.39 Å². The molecule has 0 aliphatic carbocycles. The van der Waals surface area contributed by atoms with Crippen molar-refractivity contribution in [3.63, 3.8) is 0 Å². The van der Waals surface area contributed by atoms with Gasteiger partial charge in [-0.05, 0) is 12.1 Å². The number of ether oxygens (including phenoxy) is 1. The molecule has 0 spiro atoms. The highest BCUT2D eigenvalue weighted by molar-refractivity contribution is 5.26. The molecule has 0 aliphatic rings. The Hall–Kier alpha value is -2.01. The van der Waals surface area contributed by atoms with Crippen LogP contribution in [-0.4, -0.2) is 9.97 Å². The number of rotatable bonds is 3. The minimum atomic E-state index is -0.357. The van der Waals surface area contributed by atoms with Crippen LogP contribution in [0, 0.1) is 5.82 Å². The van der Waals surface area contributed by atoms with E-state index in [-0.39, 0.29) is 5.82 Å². The van der Waals surface area contributed by atoms with Crippen molar-refractivity contribution in [2.75, 3.05) is 0 Å². The van der Waals surface area contributed by atoms with Gasteiger partial charge >= 0.3 is 0 Å². The highest BCUT2D eigenvalue weighted by atomic mass is 19.1. The summed E-state index contributed by atoms with van der Waals surface area (Å²) in [5.74, 6) is 0.335. The maximum Gasteiger partial charge on any atom is 0.237 e. The highest BCUT2D eigenvalue weighted by Gasteiger charge is 2.00. The smallest absolute Gasteiger partial charge is 0.237 e. The van der Waals surface area contributed by atoms with E-state index in [1.807, 2.05) is 0 Å². The SMILES string of the molecule is NCc1cnc(Oc2cccc(F)c2)cn1. The number of hydrogen-bond donors (Lipinski definition) is 1. The van der Waals surface area contributed by atoms with Gasteiger partial charge in [0.25, 0.3) is 0 Å². The van der Waals surface area contributed by atoms with Crippen molar-refractivity contribution in [1.29, 1.82) is 0 Å². The average Bonchev–Trinajstić information content (AvgIpc) is 2.30. The zero-order valence-electron chi connectivity index (χ0n) is 8.43. The van der Waals surface area contributed by atoms with E-state index in [4.69, 9.17) is 10.5 Å². The molecule has 1 aromatic heterocycles. The van der Waals surface area contributed by atoms with Crippen molar-refractivity contribution >= 4 is 0 Å². The van der Waals surface area contributed by atoms with Crippen LogP contribution in [-0.2, 0) is 6.54 Å². The predicted molar refractivity (Wildman–Crippen MR) is 56.4 cm³/mol. The Morgan fingerprint density at radius 3 is 2.75 bits per heavy atom. The van der Waals surface area contributed by atoms with E-state index in [1.165, 1.54) is 24.5 Å². The summed E-state index contributed by atoms with van der Waals surface area (Å²) < 4.78 is 18.2. The van der Waals surface area contributed by atoms with Gasteiger partial charge in [-0.3, -0.25) is 4.98 Å². The number of hydrogen-bond acceptors (Lipinski definition) is 4. The topological polar surface area (TPSA) is 61.0 Å². The van der Waals surface area contributed by atoms with E-state index in [1.54, 1.807) is 12.1 Å². The fourth-order valence-corrected chi connectivity index (χ4v) is 1.15. The van der Waals surface area contributed by atoms with Gasteiger partial charge in [0.15, 0.2) is 0 Å². The molecule has 5 heteroatoms. The molecule has 0 saturated heterocycles. The molecule has 4 nitrogen and oxygen atoms in total. The second-order valence-corrected chi connectivity index (χ2v) is 3.11. The zero-order valence-corrected chi connectivity index (χ0v) is 8.43. The van der Waals surface area contributed by atoms with E-state index in [2.05, 4.69) is 9.97 Å². The van der Waals surface area contributed by atoms with Crippen molar-refractivity contribution in [3.8, 4) is 11.6 Å². The molecular weight excluding hydrogens is 209 g/mol. The molecular formula is C11H10FN3O. The van der Waals surface area contributed by atoms with E-state index >= 15 is 0 Å². The van der Waals surface area contributed by atoms with Crippen molar-refractivity contribution in [3.05, 3.63) is 48.2 Å². The molecule has 82 valence electrons. The molecule has 0 saturated carbocycles. The lowest BCUT2D eigenvalue weighted by Crippen LogP contribution is -2.00. The first-order chi connectivity index (χ1) is 7.78. The van der Waals surface area contributed by atoms with E-state index in [0.29, 0.717) is 23.9 Å². The quantitative estimate of drug-likeness (QED) is 0.855. The van der Waals surface area contributed by atoms with Gasteiger partial charge in [0.2, 0.25) is 5.88 Å². The Morgan fingerprint density at radius 1 is 1.25 bits per heavy atom. The monoisotopic (exact) mass is 219 g/mol. The second-order valence-electron chi connectivity index (χ2n) is 3.11. The predicted octanol–water partition coefficient (Wildman–Crippen LogP) is 1.87. The van der Waals surface area contributed by atoms with Crippen molar-refractivity contribution in [1.82, 2.24) is 9.97 Å². The number of nitrogens with two attached hydrogens (primary N) is 1. The van der Waals surface area contributed by atoms with Crippen molar-refractivity contribution in [2.24, 2.45) is 5.73 Å². The summed E-state index contributed by atoms with van der Waals surface area (Å²) in [6.07, 6.45) is 2.97. The Labute approximate surface area is 91.9 Å². The van der Waals surface area contributed by atoms with Gasteiger partial charge in [0, 0.05) is 12.6 Å². The van der Waals surface area contributed by atoms with E-state index < -0.39 is 0 Å². The molecule has 0 unspecified atom stereocenters. The normalized spacial score (nSPS) is 10.1. The van der Waals surface area contributed by atoms with Gasteiger partial charge in [-0.15, -0.1) is 0 Å². The molecule has 0 fully saturated rings. The van der Waals surface area contributed by atoms with E-state index in [9.17, 15) is 4.39 Å². The van der Waals surface area contributed by atoms with Crippen LogP contribution < -0.4 is 10.5 Å². The molecule has 0 radical (unpaired) electrons. The molecule has 1 aromatic carbocycles. The fraction of sp³-hybridized carbons (Fsp3) is 0.0909. The second kappa shape index (κ2) is 4.67. The minimum Gasteiger partial charge on any atom is -0.437 e. The summed E-state index contributed by atoms with van der Waals surface area (Å²) in [5.41, 5.74) is 6.05. The van der Waals surface area contributed by atoms with Crippen LogP contribution >= 0.6 is 0 Å². The molecule has 2 N–H and O–H groups in total. The number of benzene rings is 1. The molecule has 0 amide bonds. The first kappa shape index (κ1) is 10.5. The third-order valence-electron chi connectivity index (χ3n) is 1.91. The largest absolute Gasteiger partial charge is 0.437 e. The van der Waals surface area contributed by atoms with Gasteiger partial charge in [-0.25, -0.2) is 9.37 Å². The van der Waals surface area contributed by atoms with Crippen LogP contribution in [0.3, 0.4) is 0 Å². The van der Waals surface area contributed by atoms with Gasteiger partial charge in [0.05, 0.1) is 18.1 Å². The molecule has 2 rings (SSSR count). The van der Waals surface area contributed by atoms with Crippen LogP contribution in [0.25, 0.3) is 0 Å². The average molecular weight is 219 g/mol. The summed E-state index contributed by atoms with van der Waals surface area (Å²) in [7, 11) is 0. The standard InChI is InChI=1S/C11H10FN3O/c12-8-2-1-3-10(4-8)16-11-7-14-9(5-13)6-15-11/h1-4,6-7H,5,13H2. The number of aromatic nitrogens is 2. The molecule has 0 bridgehead atoms. The summed E-state index contributed by atoms with van der Waals surface area (Å²) in [6.45, 7) is 0.327. The highest BCUT2D eigenvalue weighted by Crippen LogP contribution is 2.18. The lowest BCUT2D eigenvalue weighted by Gasteiger charge is -2.04.